The van der Waals surface area contributed by atoms with Crippen molar-refractivity contribution < 1.29 is 9.21 Å². The van der Waals surface area contributed by atoms with Gasteiger partial charge in [0.1, 0.15) is 5.76 Å². The van der Waals surface area contributed by atoms with Gasteiger partial charge in [-0.15, -0.1) is 0 Å². The first kappa shape index (κ1) is 14.2. The Bertz CT molecular complexity index is 545. The molecule has 2 aromatic rings. The molecule has 20 heavy (non-hydrogen) atoms. The van der Waals surface area contributed by atoms with Crippen molar-refractivity contribution >= 4 is 11.7 Å². The van der Waals surface area contributed by atoms with E-state index in [4.69, 9.17) is 4.42 Å². The lowest BCUT2D eigenvalue weighted by atomic mass is 10.2. The van der Waals surface area contributed by atoms with E-state index in [0.29, 0.717) is 18.2 Å². The van der Waals surface area contributed by atoms with E-state index in [1.165, 1.54) is 0 Å². The van der Waals surface area contributed by atoms with Crippen molar-refractivity contribution in [1.82, 2.24) is 14.7 Å². The van der Waals surface area contributed by atoms with E-state index < -0.39 is 0 Å². The maximum atomic E-state index is 12.0. The first-order chi connectivity index (χ1) is 9.54. The number of carbonyl (C=O) groups is 1. The average molecular weight is 276 g/mol. The van der Waals surface area contributed by atoms with Crippen LogP contribution < -0.4 is 5.32 Å². The minimum Gasteiger partial charge on any atom is -0.467 e. The average Bonchev–Trinajstić information content (AvgIpc) is 3.00. The fraction of sp³-hybridized carbons (Fsp3) is 0.429. The molecule has 0 aliphatic carbocycles. The fourth-order valence-corrected chi connectivity index (χ4v) is 1.83. The highest BCUT2D eigenvalue weighted by molar-refractivity contribution is 5.88. The number of hydrogen-bond donors (Lipinski definition) is 1. The van der Waals surface area contributed by atoms with Gasteiger partial charge in [-0.1, -0.05) is 13.8 Å². The molecular formula is C14H20N4O2. The highest BCUT2D eigenvalue weighted by Crippen LogP contribution is 2.09. The van der Waals surface area contributed by atoms with Crippen LogP contribution >= 0.6 is 0 Å². The Morgan fingerprint density at radius 3 is 3.00 bits per heavy atom. The molecule has 6 heteroatoms. The number of aromatic nitrogens is 2. The molecule has 0 unspecified atom stereocenters. The molecule has 2 heterocycles. The standard InChI is InChI=1S/C14H20N4O2/c1-11(2)8-18-9-12(7-15-18)16-14(19)17(3)10-13-5-4-6-20-13/h4-7,9,11H,8,10H2,1-3H3,(H,16,19). The zero-order chi connectivity index (χ0) is 14.5. The van der Waals surface area contributed by atoms with Crippen LogP contribution in [0.15, 0.2) is 35.2 Å². The molecule has 0 aliphatic rings. The predicted molar refractivity (Wildman–Crippen MR) is 76.3 cm³/mol. The van der Waals surface area contributed by atoms with Gasteiger partial charge in [0.15, 0.2) is 0 Å². The van der Waals surface area contributed by atoms with Crippen LogP contribution in [0, 0.1) is 5.92 Å². The topological polar surface area (TPSA) is 63.3 Å². The molecule has 0 aromatic carbocycles. The minimum absolute atomic E-state index is 0.189. The second-order valence-corrected chi connectivity index (χ2v) is 5.21. The van der Waals surface area contributed by atoms with Crippen LogP contribution in [0.4, 0.5) is 10.5 Å². The highest BCUT2D eigenvalue weighted by atomic mass is 16.3. The van der Waals surface area contributed by atoms with E-state index in [1.807, 2.05) is 16.9 Å². The van der Waals surface area contributed by atoms with Gasteiger partial charge in [-0.2, -0.15) is 5.10 Å². The summed E-state index contributed by atoms with van der Waals surface area (Å²) in [6.45, 7) is 5.51. The first-order valence-electron chi connectivity index (χ1n) is 6.61. The summed E-state index contributed by atoms with van der Waals surface area (Å²) in [4.78, 5) is 13.6. The SMILES string of the molecule is CC(C)Cn1cc(NC(=O)N(C)Cc2ccco2)cn1. The van der Waals surface area contributed by atoms with Crippen molar-refractivity contribution in [3.05, 3.63) is 36.5 Å². The van der Waals surface area contributed by atoms with Crippen molar-refractivity contribution in [2.45, 2.75) is 26.9 Å². The molecule has 2 amide bonds. The van der Waals surface area contributed by atoms with Gasteiger partial charge >= 0.3 is 6.03 Å². The molecule has 2 aromatic heterocycles. The van der Waals surface area contributed by atoms with E-state index >= 15 is 0 Å². The summed E-state index contributed by atoms with van der Waals surface area (Å²) in [5, 5.41) is 7.02. The lowest BCUT2D eigenvalue weighted by molar-refractivity contribution is 0.217. The summed E-state index contributed by atoms with van der Waals surface area (Å²) < 4.78 is 7.04. The Morgan fingerprint density at radius 2 is 2.35 bits per heavy atom. The third-order valence-electron chi connectivity index (χ3n) is 2.76. The van der Waals surface area contributed by atoms with Gasteiger partial charge in [0.2, 0.25) is 0 Å². The number of carbonyl (C=O) groups excluding carboxylic acids is 1. The highest BCUT2D eigenvalue weighted by Gasteiger charge is 2.11. The molecule has 0 saturated carbocycles. The van der Waals surface area contributed by atoms with Gasteiger partial charge in [-0.25, -0.2) is 4.79 Å². The van der Waals surface area contributed by atoms with Crippen LogP contribution in [0.25, 0.3) is 0 Å². The predicted octanol–water partition coefficient (Wildman–Crippen LogP) is 2.80. The van der Waals surface area contributed by atoms with E-state index in [0.717, 1.165) is 12.3 Å². The van der Waals surface area contributed by atoms with Crippen LogP contribution in [0.1, 0.15) is 19.6 Å². The Labute approximate surface area is 118 Å². The summed E-state index contributed by atoms with van der Waals surface area (Å²) >= 11 is 0. The summed E-state index contributed by atoms with van der Waals surface area (Å²) in [6, 6.07) is 3.45. The number of anilines is 1. The number of furan rings is 1. The zero-order valence-corrected chi connectivity index (χ0v) is 12.0. The Balaban J connectivity index is 1.88. The van der Waals surface area contributed by atoms with E-state index in [9.17, 15) is 4.79 Å². The number of hydrogen-bond acceptors (Lipinski definition) is 3. The molecule has 0 bridgehead atoms. The van der Waals surface area contributed by atoms with Gasteiger partial charge in [0.25, 0.3) is 0 Å². The van der Waals surface area contributed by atoms with E-state index in [2.05, 4.69) is 24.3 Å². The number of nitrogens with zero attached hydrogens (tertiary/aromatic N) is 3. The quantitative estimate of drug-likeness (QED) is 0.913. The Kier molecular flexibility index (Phi) is 4.45. The molecule has 0 aliphatic heterocycles. The number of rotatable bonds is 5. The van der Waals surface area contributed by atoms with Crippen LogP contribution in [-0.2, 0) is 13.1 Å². The fourth-order valence-electron chi connectivity index (χ4n) is 1.83. The van der Waals surface area contributed by atoms with Crippen molar-refractivity contribution in [3.8, 4) is 0 Å². The number of amides is 2. The smallest absolute Gasteiger partial charge is 0.322 e. The molecule has 108 valence electrons. The number of nitrogens with one attached hydrogen (secondary N) is 1. The molecule has 1 N–H and O–H groups in total. The molecule has 2 rings (SSSR count). The summed E-state index contributed by atoms with van der Waals surface area (Å²) in [5.41, 5.74) is 0.696. The monoisotopic (exact) mass is 276 g/mol. The molecule has 0 spiro atoms. The van der Waals surface area contributed by atoms with Gasteiger partial charge in [-0.3, -0.25) is 4.68 Å². The second-order valence-electron chi connectivity index (χ2n) is 5.21. The second kappa shape index (κ2) is 6.27. The van der Waals surface area contributed by atoms with E-state index in [1.54, 1.807) is 30.5 Å². The maximum Gasteiger partial charge on any atom is 0.322 e. The van der Waals surface area contributed by atoms with Gasteiger partial charge < -0.3 is 14.6 Å². The maximum absolute atomic E-state index is 12.0. The van der Waals surface area contributed by atoms with Crippen LogP contribution in [0.3, 0.4) is 0 Å². The molecule has 6 nitrogen and oxygen atoms in total. The van der Waals surface area contributed by atoms with Gasteiger partial charge in [0, 0.05) is 19.8 Å². The largest absolute Gasteiger partial charge is 0.467 e. The molecule has 0 saturated heterocycles. The van der Waals surface area contributed by atoms with Crippen molar-refractivity contribution in [2.24, 2.45) is 5.92 Å². The molecular weight excluding hydrogens is 256 g/mol. The van der Waals surface area contributed by atoms with Crippen LogP contribution in [0.2, 0.25) is 0 Å². The lowest BCUT2D eigenvalue weighted by Gasteiger charge is -2.15. The zero-order valence-electron chi connectivity index (χ0n) is 12.0. The molecule has 0 radical (unpaired) electrons. The third-order valence-corrected chi connectivity index (χ3v) is 2.76. The van der Waals surface area contributed by atoms with Crippen molar-refractivity contribution in [1.29, 1.82) is 0 Å². The number of urea groups is 1. The summed E-state index contributed by atoms with van der Waals surface area (Å²) in [7, 11) is 1.72. The van der Waals surface area contributed by atoms with Crippen LogP contribution in [-0.4, -0.2) is 27.8 Å². The lowest BCUT2D eigenvalue weighted by Crippen LogP contribution is -2.30. The van der Waals surface area contributed by atoms with Crippen molar-refractivity contribution in [2.75, 3.05) is 12.4 Å². The van der Waals surface area contributed by atoms with Crippen molar-refractivity contribution in [3.63, 3.8) is 0 Å². The summed E-state index contributed by atoms with van der Waals surface area (Å²) in [5.74, 6) is 1.26. The Hall–Kier alpha value is -2.24. The normalized spacial score (nSPS) is 10.8. The van der Waals surface area contributed by atoms with Crippen LogP contribution in [0.5, 0.6) is 0 Å². The van der Waals surface area contributed by atoms with Gasteiger partial charge in [-0.05, 0) is 18.1 Å². The molecule has 0 fully saturated rings. The molecule has 0 atom stereocenters. The third kappa shape index (κ3) is 3.88. The Morgan fingerprint density at radius 1 is 1.55 bits per heavy atom. The first-order valence-corrected chi connectivity index (χ1v) is 6.61. The summed E-state index contributed by atoms with van der Waals surface area (Å²) in [6.07, 6.45) is 5.08. The van der Waals surface area contributed by atoms with E-state index in [-0.39, 0.29) is 6.03 Å². The minimum atomic E-state index is -0.189. The van der Waals surface area contributed by atoms with Gasteiger partial charge in [0.05, 0.1) is 24.7 Å².